The Morgan fingerprint density at radius 1 is 0.857 bits per heavy atom. The molecular weight excluding hydrogens is 258 g/mol. The summed E-state index contributed by atoms with van der Waals surface area (Å²) >= 11 is 0. The molecule has 0 saturated heterocycles. The second-order valence-electron chi connectivity index (χ2n) is 6.01. The van der Waals surface area contributed by atoms with E-state index < -0.39 is 0 Å². The lowest BCUT2D eigenvalue weighted by Crippen LogP contribution is -2.20. The highest BCUT2D eigenvalue weighted by molar-refractivity contribution is 5.43. The van der Waals surface area contributed by atoms with Gasteiger partial charge in [0.25, 0.3) is 0 Å². The molecule has 0 spiro atoms. The zero-order chi connectivity index (χ0) is 15.6. The minimum absolute atomic E-state index is 0.106. The Balaban J connectivity index is 2.13. The van der Waals surface area contributed by atoms with E-state index in [0.29, 0.717) is 6.61 Å². The molecule has 2 N–H and O–H groups in total. The van der Waals surface area contributed by atoms with Crippen LogP contribution in [0.15, 0.2) is 30.3 Å². The molecule has 0 aliphatic rings. The summed E-state index contributed by atoms with van der Waals surface area (Å²) in [6.07, 6.45) is 0. The van der Waals surface area contributed by atoms with Crippen molar-refractivity contribution in [2.24, 2.45) is 5.73 Å². The molecule has 2 aromatic carbocycles. The maximum Gasteiger partial charge on any atom is 0.125 e. The predicted molar refractivity (Wildman–Crippen MR) is 89.0 cm³/mol. The van der Waals surface area contributed by atoms with Gasteiger partial charge in [0.15, 0.2) is 0 Å². The first-order chi connectivity index (χ1) is 9.88. The van der Waals surface area contributed by atoms with Crippen LogP contribution in [0.1, 0.15) is 39.4 Å². The predicted octanol–water partition coefficient (Wildman–Crippen LogP) is 4.31. The summed E-state index contributed by atoms with van der Waals surface area (Å²) in [7, 11) is 0. The Morgan fingerprint density at radius 3 is 2.00 bits per heavy atom. The molecule has 0 saturated carbocycles. The maximum absolute atomic E-state index is 6.30. The van der Waals surface area contributed by atoms with E-state index in [4.69, 9.17) is 10.5 Å². The van der Waals surface area contributed by atoms with Crippen LogP contribution in [0.2, 0.25) is 0 Å². The lowest BCUT2D eigenvalue weighted by atomic mass is 10.0. The molecule has 0 aromatic heterocycles. The van der Waals surface area contributed by atoms with Gasteiger partial charge >= 0.3 is 0 Å². The fourth-order valence-electron chi connectivity index (χ4n) is 2.90. The van der Waals surface area contributed by atoms with Crippen LogP contribution in [0, 0.1) is 34.6 Å². The Hall–Kier alpha value is -1.80. The molecule has 0 bridgehead atoms. The van der Waals surface area contributed by atoms with Crippen molar-refractivity contribution in [3.05, 3.63) is 63.7 Å². The summed E-state index contributed by atoms with van der Waals surface area (Å²) in [5.41, 5.74) is 13.5. The van der Waals surface area contributed by atoms with E-state index >= 15 is 0 Å². The maximum atomic E-state index is 6.30. The normalized spacial score (nSPS) is 12.3. The van der Waals surface area contributed by atoms with E-state index in [0.717, 1.165) is 11.3 Å². The van der Waals surface area contributed by atoms with Gasteiger partial charge in [0.1, 0.15) is 12.4 Å². The summed E-state index contributed by atoms with van der Waals surface area (Å²) in [5.74, 6) is 0.959. The zero-order valence-corrected chi connectivity index (χ0v) is 13.7. The Labute approximate surface area is 127 Å². The largest absolute Gasteiger partial charge is 0.491 e. The molecule has 21 heavy (non-hydrogen) atoms. The van der Waals surface area contributed by atoms with Crippen LogP contribution in [-0.2, 0) is 0 Å². The van der Waals surface area contributed by atoms with Gasteiger partial charge in [0.2, 0.25) is 0 Å². The summed E-state index contributed by atoms with van der Waals surface area (Å²) in [6, 6.07) is 10.6. The average Bonchev–Trinajstić information content (AvgIpc) is 2.36. The van der Waals surface area contributed by atoms with E-state index in [9.17, 15) is 0 Å². The number of hydrogen-bond donors (Lipinski definition) is 1. The van der Waals surface area contributed by atoms with Crippen LogP contribution in [0.5, 0.6) is 5.75 Å². The minimum atomic E-state index is -0.106. The second kappa shape index (κ2) is 6.31. The van der Waals surface area contributed by atoms with Crippen molar-refractivity contribution in [1.82, 2.24) is 0 Å². The molecule has 0 heterocycles. The standard InChI is InChI=1S/C19H25NO/c1-12-6-7-17(14(3)8-12)18(20)11-21-19-15(4)9-13(2)10-16(19)5/h6-10,18H,11,20H2,1-5H3. The second-order valence-corrected chi connectivity index (χ2v) is 6.01. The van der Waals surface area contributed by atoms with Gasteiger partial charge in [0.05, 0.1) is 6.04 Å². The Morgan fingerprint density at radius 2 is 1.43 bits per heavy atom. The van der Waals surface area contributed by atoms with Gasteiger partial charge in [-0.05, 0) is 56.9 Å². The van der Waals surface area contributed by atoms with E-state index in [2.05, 4.69) is 65.0 Å². The highest BCUT2D eigenvalue weighted by Gasteiger charge is 2.12. The number of benzene rings is 2. The van der Waals surface area contributed by atoms with Crippen molar-refractivity contribution < 1.29 is 4.74 Å². The number of ether oxygens (including phenoxy) is 1. The average molecular weight is 283 g/mol. The number of rotatable bonds is 4. The van der Waals surface area contributed by atoms with Gasteiger partial charge in [0, 0.05) is 0 Å². The van der Waals surface area contributed by atoms with Crippen LogP contribution in [-0.4, -0.2) is 6.61 Å². The van der Waals surface area contributed by atoms with Crippen molar-refractivity contribution in [2.45, 2.75) is 40.7 Å². The first kappa shape index (κ1) is 15.6. The molecule has 0 fully saturated rings. The summed E-state index contributed by atoms with van der Waals surface area (Å²) in [4.78, 5) is 0. The van der Waals surface area contributed by atoms with Crippen molar-refractivity contribution in [3.63, 3.8) is 0 Å². The number of nitrogens with two attached hydrogens (primary N) is 1. The van der Waals surface area contributed by atoms with Crippen LogP contribution < -0.4 is 10.5 Å². The third-order valence-corrected chi connectivity index (χ3v) is 3.84. The quantitative estimate of drug-likeness (QED) is 0.907. The molecule has 2 aromatic rings. The van der Waals surface area contributed by atoms with E-state index in [1.165, 1.54) is 27.8 Å². The molecule has 0 aliphatic carbocycles. The van der Waals surface area contributed by atoms with E-state index in [1.54, 1.807) is 0 Å². The molecule has 0 aliphatic heterocycles. The van der Waals surface area contributed by atoms with Gasteiger partial charge in [-0.15, -0.1) is 0 Å². The lowest BCUT2D eigenvalue weighted by Gasteiger charge is -2.19. The fraction of sp³-hybridized carbons (Fsp3) is 0.368. The molecule has 2 rings (SSSR count). The zero-order valence-electron chi connectivity index (χ0n) is 13.7. The topological polar surface area (TPSA) is 35.2 Å². The fourth-order valence-corrected chi connectivity index (χ4v) is 2.90. The van der Waals surface area contributed by atoms with Crippen LogP contribution in [0.4, 0.5) is 0 Å². The smallest absolute Gasteiger partial charge is 0.125 e. The van der Waals surface area contributed by atoms with Crippen LogP contribution in [0.3, 0.4) is 0 Å². The van der Waals surface area contributed by atoms with Gasteiger partial charge in [-0.25, -0.2) is 0 Å². The summed E-state index contributed by atoms with van der Waals surface area (Å²) < 4.78 is 6.00. The Kier molecular flexibility index (Phi) is 4.69. The van der Waals surface area contributed by atoms with Crippen molar-refractivity contribution >= 4 is 0 Å². The molecule has 0 amide bonds. The molecule has 112 valence electrons. The van der Waals surface area contributed by atoms with Crippen molar-refractivity contribution in [3.8, 4) is 5.75 Å². The van der Waals surface area contributed by atoms with Gasteiger partial charge < -0.3 is 10.5 Å². The van der Waals surface area contributed by atoms with Crippen LogP contribution in [0.25, 0.3) is 0 Å². The molecule has 1 unspecified atom stereocenters. The first-order valence-electron chi connectivity index (χ1n) is 7.42. The number of aryl methyl sites for hydroxylation is 5. The molecule has 2 heteroatoms. The lowest BCUT2D eigenvalue weighted by molar-refractivity contribution is 0.286. The third-order valence-electron chi connectivity index (χ3n) is 3.84. The van der Waals surface area contributed by atoms with E-state index in [1.807, 2.05) is 0 Å². The third kappa shape index (κ3) is 3.64. The minimum Gasteiger partial charge on any atom is -0.491 e. The molecule has 1 atom stereocenters. The monoisotopic (exact) mass is 283 g/mol. The SMILES string of the molecule is Cc1ccc(C(N)COc2c(C)cc(C)cc2C)c(C)c1. The van der Waals surface area contributed by atoms with Gasteiger partial charge in [-0.2, -0.15) is 0 Å². The Bertz CT molecular complexity index is 623. The highest BCUT2D eigenvalue weighted by Crippen LogP contribution is 2.26. The van der Waals surface area contributed by atoms with Crippen molar-refractivity contribution in [2.75, 3.05) is 6.61 Å². The van der Waals surface area contributed by atoms with Crippen LogP contribution >= 0.6 is 0 Å². The molecule has 2 nitrogen and oxygen atoms in total. The summed E-state index contributed by atoms with van der Waals surface area (Å²) in [5, 5.41) is 0. The number of hydrogen-bond acceptors (Lipinski definition) is 2. The molecule has 0 radical (unpaired) electrons. The molecular formula is C19H25NO. The first-order valence-corrected chi connectivity index (χ1v) is 7.42. The van der Waals surface area contributed by atoms with Crippen molar-refractivity contribution in [1.29, 1.82) is 0 Å². The highest BCUT2D eigenvalue weighted by atomic mass is 16.5. The van der Waals surface area contributed by atoms with E-state index in [-0.39, 0.29) is 6.04 Å². The summed E-state index contributed by atoms with van der Waals surface area (Å²) in [6.45, 7) is 11.0. The van der Waals surface area contributed by atoms with Gasteiger partial charge in [-0.3, -0.25) is 0 Å². The van der Waals surface area contributed by atoms with Gasteiger partial charge in [-0.1, -0.05) is 41.5 Å².